The van der Waals surface area contributed by atoms with E-state index >= 15 is 0 Å². The van der Waals surface area contributed by atoms with Crippen LogP contribution in [0.5, 0.6) is 0 Å². The van der Waals surface area contributed by atoms with Crippen molar-refractivity contribution in [1.29, 1.82) is 0 Å². The Morgan fingerprint density at radius 2 is 2.24 bits per heavy atom. The number of thioether (sulfide) groups is 1. The predicted molar refractivity (Wildman–Crippen MR) is 105 cm³/mol. The van der Waals surface area contributed by atoms with E-state index in [1.807, 2.05) is 11.8 Å². The van der Waals surface area contributed by atoms with Crippen molar-refractivity contribution < 1.29 is 0 Å². The molecular formula is C18H32N6S. The summed E-state index contributed by atoms with van der Waals surface area (Å²) >= 11 is 2.04. The monoisotopic (exact) mass is 364 g/mol. The molecule has 3 rings (SSSR count). The molecule has 0 amide bonds. The quantitative estimate of drug-likeness (QED) is 0.461. The Kier molecular flexibility index (Phi) is 7.45. The van der Waals surface area contributed by atoms with Crippen molar-refractivity contribution in [3.8, 4) is 0 Å². The van der Waals surface area contributed by atoms with Gasteiger partial charge in [-0.25, -0.2) is 0 Å². The molecule has 1 fully saturated rings. The number of aryl methyl sites for hydroxylation is 2. The Bertz CT molecular complexity index is 550. The van der Waals surface area contributed by atoms with Crippen LogP contribution in [0.2, 0.25) is 0 Å². The van der Waals surface area contributed by atoms with Crippen LogP contribution in [0.4, 0.5) is 0 Å². The van der Waals surface area contributed by atoms with Gasteiger partial charge in [-0.05, 0) is 44.8 Å². The van der Waals surface area contributed by atoms with Gasteiger partial charge >= 0.3 is 0 Å². The van der Waals surface area contributed by atoms with Crippen LogP contribution in [0.1, 0.15) is 57.1 Å². The van der Waals surface area contributed by atoms with Crippen LogP contribution in [0, 0.1) is 0 Å². The molecule has 1 saturated heterocycles. The number of nitrogens with zero attached hydrogens (tertiary/aromatic N) is 4. The van der Waals surface area contributed by atoms with Gasteiger partial charge in [0.25, 0.3) is 0 Å². The lowest BCUT2D eigenvalue weighted by atomic mass is 10.2. The van der Waals surface area contributed by atoms with Gasteiger partial charge in [-0.2, -0.15) is 11.8 Å². The molecule has 1 unspecified atom stereocenters. The summed E-state index contributed by atoms with van der Waals surface area (Å²) in [6.07, 6.45) is 9.44. The first-order chi connectivity index (χ1) is 12.4. The van der Waals surface area contributed by atoms with Gasteiger partial charge < -0.3 is 15.2 Å². The molecule has 1 aromatic rings. The average molecular weight is 365 g/mol. The molecule has 140 valence electrons. The molecule has 2 aliphatic rings. The average Bonchev–Trinajstić information content (AvgIpc) is 2.86. The first kappa shape index (κ1) is 18.5. The molecule has 1 atom stereocenters. The summed E-state index contributed by atoms with van der Waals surface area (Å²) in [7, 11) is 0. The molecule has 0 radical (unpaired) electrons. The zero-order chi connectivity index (χ0) is 17.3. The molecule has 7 heteroatoms. The van der Waals surface area contributed by atoms with E-state index in [9.17, 15) is 0 Å². The van der Waals surface area contributed by atoms with E-state index in [2.05, 4.69) is 32.3 Å². The lowest BCUT2D eigenvalue weighted by Crippen LogP contribution is -2.45. The third-order valence-corrected chi connectivity index (χ3v) is 6.08. The van der Waals surface area contributed by atoms with E-state index in [1.54, 1.807) is 0 Å². The van der Waals surface area contributed by atoms with E-state index < -0.39 is 0 Å². The van der Waals surface area contributed by atoms with Gasteiger partial charge in [0, 0.05) is 44.3 Å². The van der Waals surface area contributed by atoms with Crippen LogP contribution in [0.15, 0.2) is 4.99 Å². The fourth-order valence-electron chi connectivity index (χ4n) is 3.53. The molecule has 0 spiro atoms. The minimum absolute atomic E-state index is 0.559. The third kappa shape index (κ3) is 5.62. The molecule has 0 saturated carbocycles. The predicted octanol–water partition coefficient (Wildman–Crippen LogP) is 2.39. The number of guanidine groups is 1. The van der Waals surface area contributed by atoms with Crippen molar-refractivity contribution in [2.24, 2.45) is 4.99 Å². The molecule has 25 heavy (non-hydrogen) atoms. The van der Waals surface area contributed by atoms with Crippen molar-refractivity contribution >= 4 is 17.7 Å². The smallest absolute Gasteiger partial charge is 0.191 e. The van der Waals surface area contributed by atoms with Gasteiger partial charge in [0.2, 0.25) is 0 Å². The van der Waals surface area contributed by atoms with Gasteiger partial charge in [0.05, 0.1) is 0 Å². The summed E-state index contributed by atoms with van der Waals surface area (Å²) in [5, 5.41) is 15.8. The highest BCUT2D eigenvalue weighted by atomic mass is 32.2. The Labute approximate surface area is 155 Å². The number of hydrogen-bond acceptors (Lipinski definition) is 4. The van der Waals surface area contributed by atoms with E-state index in [1.165, 1.54) is 49.4 Å². The van der Waals surface area contributed by atoms with Gasteiger partial charge in [-0.3, -0.25) is 4.99 Å². The van der Waals surface area contributed by atoms with Crippen LogP contribution in [-0.2, 0) is 19.4 Å². The highest BCUT2D eigenvalue weighted by Crippen LogP contribution is 2.17. The van der Waals surface area contributed by atoms with E-state index in [4.69, 9.17) is 4.99 Å². The number of nitrogens with one attached hydrogen (secondary N) is 2. The second kappa shape index (κ2) is 10.0. The zero-order valence-corrected chi connectivity index (χ0v) is 16.3. The Morgan fingerprint density at radius 1 is 1.28 bits per heavy atom. The van der Waals surface area contributed by atoms with E-state index in [0.717, 1.165) is 50.7 Å². The van der Waals surface area contributed by atoms with Crippen molar-refractivity contribution in [2.75, 3.05) is 24.6 Å². The fraction of sp³-hybridized carbons (Fsp3) is 0.833. The summed E-state index contributed by atoms with van der Waals surface area (Å²) in [5.74, 6) is 5.79. The first-order valence-electron chi connectivity index (χ1n) is 9.90. The van der Waals surface area contributed by atoms with Crippen LogP contribution in [0.3, 0.4) is 0 Å². The minimum Gasteiger partial charge on any atom is -0.357 e. The van der Waals surface area contributed by atoms with Crippen LogP contribution in [0.25, 0.3) is 0 Å². The maximum Gasteiger partial charge on any atom is 0.191 e. The minimum atomic E-state index is 0.559. The summed E-state index contributed by atoms with van der Waals surface area (Å²) in [6, 6.07) is 0.559. The first-order valence-corrected chi connectivity index (χ1v) is 11.1. The van der Waals surface area contributed by atoms with Crippen LogP contribution >= 0.6 is 11.8 Å². The second-order valence-electron chi connectivity index (χ2n) is 6.92. The molecule has 1 aromatic heterocycles. The molecule has 6 nitrogen and oxygen atoms in total. The molecule has 0 bridgehead atoms. The summed E-state index contributed by atoms with van der Waals surface area (Å²) in [5.41, 5.74) is 0. The maximum atomic E-state index is 4.77. The standard InChI is InChI=1S/C18H32N6S/c1-2-19-18(21-15-8-7-13-25-14-15)20-11-6-10-17-23-22-16-9-4-3-5-12-24(16)17/h15H,2-14H2,1H3,(H2,19,20,21). The maximum absolute atomic E-state index is 4.77. The SMILES string of the molecule is CCNC(=NCCCc1nnc2n1CCCCC2)NC1CCCSC1. The molecule has 0 aliphatic carbocycles. The van der Waals surface area contributed by atoms with Gasteiger partial charge in [-0.15, -0.1) is 10.2 Å². The summed E-state index contributed by atoms with van der Waals surface area (Å²) in [4.78, 5) is 4.77. The Balaban J connectivity index is 1.48. The molecular weight excluding hydrogens is 332 g/mol. The normalized spacial score (nSPS) is 21.5. The number of aliphatic imine (C=N–C) groups is 1. The summed E-state index contributed by atoms with van der Waals surface area (Å²) < 4.78 is 2.35. The molecule has 3 heterocycles. The lowest BCUT2D eigenvalue weighted by molar-refractivity contribution is 0.580. The van der Waals surface area contributed by atoms with Crippen molar-refractivity contribution in [1.82, 2.24) is 25.4 Å². The number of rotatable bonds is 6. The highest BCUT2D eigenvalue weighted by molar-refractivity contribution is 7.99. The van der Waals surface area contributed by atoms with E-state index in [-0.39, 0.29) is 0 Å². The highest BCUT2D eigenvalue weighted by Gasteiger charge is 2.15. The molecule has 0 aromatic carbocycles. The topological polar surface area (TPSA) is 67.1 Å². The number of aromatic nitrogens is 3. The number of fused-ring (bicyclic) bond motifs is 1. The second-order valence-corrected chi connectivity index (χ2v) is 8.07. The zero-order valence-electron chi connectivity index (χ0n) is 15.5. The van der Waals surface area contributed by atoms with Gasteiger partial charge in [0.1, 0.15) is 11.6 Å². The largest absolute Gasteiger partial charge is 0.357 e. The van der Waals surface area contributed by atoms with Crippen molar-refractivity contribution in [3.05, 3.63) is 11.6 Å². The van der Waals surface area contributed by atoms with E-state index in [0.29, 0.717) is 6.04 Å². The van der Waals surface area contributed by atoms with Gasteiger partial charge in [0.15, 0.2) is 5.96 Å². The third-order valence-electron chi connectivity index (χ3n) is 4.86. The molecule has 2 aliphatic heterocycles. The number of hydrogen-bond donors (Lipinski definition) is 2. The Hall–Kier alpha value is -1.24. The van der Waals surface area contributed by atoms with Crippen molar-refractivity contribution in [2.45, 2.75) is 70.9 Å². The fourth-order valence-corrected chi connectivity index (χ4v) is 4.60. The van der Waals surface area contributed by atoms with Crippen LogP contribution in [-0.4, -0.2) is 51.4 Å². The van der Waals surface area contributed by atoms with Gasteiger partial charge in [-0.1, -0.05) is 6.42 Å². The summed E-state index contributed by atoms with van der Waals surface area (Å²) in [6.45, 7) is 4.95. The van der Waals surface area contributed by atoms with Crippen LogP contribution < -0.4 is 10.6 Å². The Morgan fingerprint density at radius 3 is 3.08 bits per heavy atom. The lowest BCUT2D eigenvalue weighted by Gasteiger charge is -2.24. The van der Waals surface area contributed by atoms with Crippen molar-refractivity contribution in [3.63, 3.8) is 0 Å². The molecule has 2 N–H and O–H groups in total.